The Labute approximate surface area is 179 Å². The van der Waals surface area contributed by atoms with Crippen molar-refractivity contribution in [2.24, 2.45) is 0 Å². The molecule has 1 aliphatic rings. The molecular weight excluding hydrogens is 474 g/mol. The van der Waals surface area contributed by atoms with Crippen molar-refractivity contribution in [2.75, 3.05) is 33.1 Å². The van der Waals surface area contributed by atoms with Crippen LogP contribution in [-0.4, -0.2) is 73.4 Å². The third-order valence-corrected chi connectivity index (χ3v) is 5.99. The number of hydrogen-bond acceptors (Lipinski definition) is 6. The number of hydrogen-bond donors (Lipinski definition) is 0. The molecule has 1 aliphatic heterocycles. The van der Waals surface area contributed by atoms with E-state index in [-0.39, 0.29) is 24.8 Å². The van der Waals surface area contributed by atoms with Gasteiger partial charge in [-0.15, -0.1) is 0 Å². The number of piperazine rings is 1. The molecular formula is C17H25BrClN3O5S. The number of halogens is 2. The van der Waals surface area contributed by atoms with Crippen LogP contribution in [0.1, 0.15) is 32.4 Å². The number of rotatable bonds is 4. The molecule has 0 bridgehead atoms. The molecule has 11 heteroatoms. The van der Waals surface area contributed by atoms with Crippen molar-refractivity contribution >= 4 is 43.6 Å². The molecule has 0 aliphatic carbocycles. The Morgan fingerprint density at radius 1 is 1.36 bits per heavy atom. The van der Waals surface area contributed by atoms with E-state index >= 15 is 0 Å². The van der Waals surface area contributed by atoms with Crippen molar-refractivity contribution in [3.05, 3.63) is 27.5 Å². The second-order valence-corrected chi connectivity index (χ2v) is 10.8. The van der Waals surface area contributed by atoms with Gasteiger partial charge < -0.3 is 9.47 Å². The van der Waals surface area contributed by atoms with Crippen LogP contribution < -0.4 is 0 Å². The van der Waals surface area contributed by atoms with E-state index in [4.69, 9.17) is 21.1 Å². The molecule has 0 aromatic carbocycles. The average molecular weight is 499 g/mol. The van der Waals surface area contributed by atoms with Gasteiger partial charge in [-0.3, -0.25) is 4.90 Å². The molecule has 1 saturated heterocycles. The highest BCUT2D eigenvalue weighted by molar-refractivity contribution is 9.10. The number of nitrogens with zero attached hydrogens (tertiary/aromatic N) is 3. The van der Waals surface area contributed by atoms with E-state index in [2.05, 4.69) is 20.9 Å². The summed E-state index contributed by atoms with van der Waals surface area (Å²) in [4.78, 5) is 18.4. The second kappa shape index (κ2) is 8.83. The highest BCUT2D eigenvalue weighted by Gasteiger charge is 2.42. The Morgan fingerprint density at radius 2 is 2.00 bits per heavy atom. The van der Waals surface area contributed by atoms with Crippen molar-refractivity contribution in [2.45, 2.75) is 38.5 Å². The van der Waals surface area contributed by atoms with Gasteiger partial charge in [0, 0.05) is 20.2 Å². The summed E-state index contributed by atoms with van der Waals surface area (Å²) in [6, 6.07) is 2.18. The molecule has 8 nitrogen and oxygen atoms in total. The molecule has 2 atom stereocenters. The minimum Gasteiger partial charge on any atom is -0.444 e. The second-order valence-electron chi connectivity index (χ2n) is 7.64. The summed E-state index contributed by atoms with van der Waals surface area (Å²) in [5, 5.41) is 0.223. The first-order valence-electron chi connectivity index (χ1n) is 8.60. The molecule has 1 aromatic heterocycles. The van der Waals surface area contributed by atoms with Crippen LogP contribution in [-0.2, 0) is 19.5 Å². The minimum atomic E-state index is -3.56. The average Bonchev–Trinajstić information content (AvgIpc) is 2.51. The van der Waals surface area contributed by atoms with E-state index in [1.165, 1.54) is 16.3 Å². The Balaban J connectivity index is 2.46. The number of methoxy groups -OCH3 is 1. The normalized spacial score (nSPS) is 21.6. The topological polar surface area (TPSA) is 89.0 Å². The van der Waals surface area contributed by atoms with E-state index < -0.39 is 33.8 Å². The predicted molar refractivity (Wildman–Crippen MR) is 110 cm³/mol. The molecule has 2 heterocycles. The summed E-state index contributed by atoms with van der Waals surface area (Å²) in [6.07, 6.45) is 0.622. The maximum Gasteiger partial charge on any atom is 0.410 e. The summed E-state index contributed by atoms with van der Waals surface area (Å²) in [6.45, 7) is 5.69. The van der Waals surface area contributed by atoms with Gasteiger partial charge in [-0.2, -0.15) is 4.31 Å². The van der Waals surface area contributed by atoms with E-state index in [1.807, 2.05) is 0 Å². The van der Waals surface area contributed by atoms with Gasteiger partial charge in [-0.1, -0.05) is 11.6 Å². The molecule has 0 spiro atoms. The predicted octanol–water partition coefficient (Wildman–Crippen LogP) is 3.07. The largest absolute Gasteiger partial charge is 0.444 e. The summed E-state index contributed by atoms with van der Waals surface area (Å²) in [5.41, 5.74) is -0.0528. The van der Waals surface area contributed by atoms with E-state index in [1.54, 1.807) is 32.9 Å². The lowest BCUT2D eigenvalue weighted by atomic mass is 10.0. The van der Waals surface area contributed by atoms with Crippen LogP contribution in [0.2, 0.25) is 5.15 Å². The fraction of sp³-hybridized carbons (Fsp3) is 0.647. The third-order valence-electron chi connectivity index (χ3n) is 4.13. The minimum absolute atomic E-state index is 0.0775. The first-order valence-corrected chi connectivity index (χ1v) is 11.6. The molecule has 1 amide bonds. The van der Waals surface area contributed by atoms with Gasteiger partial charge in [0.15, 0.2) is 0 Å². The number of carbonyl (C=O) groups is 1. The Bertz CT molecular complexity index is 810. The van der Waals surface area contributed by atoms with E-state index in [9.17, 15) is 13.2 Å². The number of aromatic nitrogens is 1. The van der Waals surface area contributed by atoms with Gasteiger partial charge in [-0.05, 0) is 54.4 Å². The van der Waals surface area contributed by atoms with Crippen molar-refractivity contribution in [1.29, 1.82) is 0 Å². The first-order chi connectivity index (χ1) is 12.8. The SMILES string of the molecule is COC[C@H]1CN(S(C)(=O)=O)[C@H](c2cc(Cl)nc(Br)c2)CN1C(=O)OC(C)(C)C. The van der Waals surface area contributed by atoms with Gasteiger partial charge in [0.05, 0.1) is 24.9 Å². The summed E-state index contributed by atoms with van der Waals surface area (Å²) >= 11 is 9.34. The van der Waals surface area contributed by atoms with Gasteiger partial charge in [0.25, 0.3) is 0 Å². The summed E-state index contributed by atoms with van der Waals surface area (Å²) in [7, 11) is -2.06. The quantitative estimate of drug-likeness (QED) is 0.593. The highest BCUT2D eigenvalue weighted by Crippen LogP contribution is 2.33. The lowest BCUT2D eigenvalue weighted by Crippen LogP contribution is -2.59. The Morgan fingerprint density at radius 3 is 2.50 bits per heavy atom. The summed E-state index contributed by atoms with van der Waals surface area (Å²) < 4.78 is 37.5. The Kier molecular flexibility index (Phi) is 7.36. The lowest BCUT2D eigenvalue weighted by molar-refractivity contribution is -0.0169. The molecule has 28 heavy (non-hydrogen) atoms. The number of amides is 1. The number of pyridine rings is 1. The van der Waals surface area contributed by atoms with Crippen LogP contribution in [0.25, 0.3) is 0 Å². The molecule has 1 fully saturated rings. The maximum atomic E-state index is 12.8. The van der Waals surface area contributed by atoms with Crippen LogP contribution in [0.5, 0.6) is 0 Å². The monoisotopic (exact) mass is 497 g/mol. The van der Waals surface area contributed by atoms with Crippen LogP contribution in [0.3, 0.4) is 0 Å². The van der Waals surface area contributed by atoms with Crippen molar-refractivity contribution in [1.82, 2.24) is 14.2 Å². The fourth-order valence-electron chi connectivity index (χ4n) is 3.05. The van der Waals surface area contributed by atoms with Gasteiger partial charge in [0.1, 0.15) is 15.4 Å². The zero-order chi connectivity index (χ0) is 21.3. The Hall–Kier alpha value is -0.940. The van der Waals surface area contributed by atoms with Crippen molar-refractivity contribution < 1.29 is 22.7 Å². The molecule has 0 unspecified atom stereocenters. The van der Waals surface area contributed by atoms with Gasteiger partial charge in [-0.25, -0.2) is 18.2 Å². The number of carbonyl (C=O) groups excluding carboxylic acids is 1. The fourth-order valence-corrected chi connectivity index (χ4v) is 4.92. The third kappa shape index (κ3) is 6.03. The maximum absolute atomic E-state index is 12.8. The molecule has 2 rings (SSSR count). The molecule has 0 saturated carbocycles. The van der Waals surface area contributed by atoms with Crippen LogP contribution in [0.15, 0.2) is 16.7 Å². The van der Waals surface area contributed by atoms with E-state index in [0.29, 0.717) is 10.2 Å². The zero-order valence-corrected chi connectivity index (χ0v) is 19.6. The molecule has 0 radical (unpaired) electrons. The zero-order valence-electron chi connectivity index (χ0n) is 16.5. The van der Waals surface area contributed by atoms with Crippen LogP contribution >= 0.6 is 27.5 Å². The summed E-state index contributed by atoms with van der Waals surface area (Å²) in [5.74, 6) is 0. The first kappa shape index (κ1) is 23.3. The van der Waals surface area contributed by atoms with E-state index in [0.717, 1.165) is 6.26 Å². The highest BCUT2D eigenvalue weighted by atomic mass is 79.9. The molecule has 1 aromatic rings. The van der Waals surface area contributed by atoms with Crippen LogP contribution in [0.4, 0.5) is 4.79 Å². The standard InChI is InChI=1S/C17H25BrClN3O5S/c1-17(2,3)27-16(23)21-9-13(11-6-14(18)20-15(19)7-11)22(28(5,24)25)8-12(21)10-26-4/h6-7,12-13H,8-10H2,1-5H3/t12-,13+/m1/s1. The lowest BCUT2D eigenvalue weighted by Gasteiger charge is -2.45. The number of sulfonamides is 1. The van der Waals surface area contributed by atoms with Gasteiger partial charge >= 0.3 is 6.09 Å². The molecule has 158 valence electrons. The van der Waals surface area contributed by atoms with Gasteiger partial charge in [0.2, 0.25) is 10.0 Å². The number of ether oxygens (including phenoxy) is 2. The van der Waals surface area contributed by atoms with Crippen molar-refractivity contribution in [3.8, 4) is 0 Å². The smallest absolute Gasteiger partial charge is 0.410 e. The molecule has 0 N–H and O–H groups in total. The van der Waals surface area contributed by atoms with Crippen molar-refractivity contribution in [3.63, 3.8) is 0 Å². The van der Waals surface area contributed by atoms with Crippen LogP contribution in [0, 0.1) is 0 Å².